The average Bonchev–Trinajstić information content (AvgIpc) is 2.71. The number of hydrogen-bond donors (Lipinski definition) is 0. The molecule has 9 heteroatoms. The van der Waals surface area contributed by atoms with E-state index >= 15 is 0 Å². The van der Waals surface area contributed by atoms with Crippen LogP contribution in [0, 0.1) is 0 Å². The minimum atomic E-state index is 0.624. The summed E-state index contributed by atoms with van der Waals surface area (Å²) in [5.74, 6) is 0. The number of hydrogen-bond acceptors (Lipinski definition) is 9. The Morgan fingerprint density at radius 1 is 0.357 bits per heavy atom. The first-order chi connectivity index (χ1) is 13.8. The van der Waals surface area contributed by atoms with Crippen molar-refractivity contribution < 1.29 is 37.9 Å². The summed E-state index contributed by atoms with van der Waals surface area (Å²) < 4.78 is 40.7. The highest BCUT2D eigenvalue weighted by atomic mass is 16.5. The Balaban J connectivity index is 0. The average molecular weight is 414 g/mol. The van der Waals surface area contributed by atoms with Crippen LogP contribution in [0.15, 0.2) is 0 Å². The zero-order chi connectivity index (χ0) is 21.1. The second-order valence-electron chi connectivity index (χ2n) is 5.64. The molecule has 0 atom stereocenters. The highest BCUT2D eigenvalue weighted by Crippen LogP contribution is 1.92. The molecule has 0 saturated heterocycles. The lowest BCUT2D eigenvalue weighted by atomic mass is 10.4. The van der Waals surface area contributed by atoms with Crippen LogP contribution in [0.1, 0.15) is 0 Å². The van der Waals surface area contributed by atoms with E-state index in [1.807, 2.05) is 0 Å². The predicted octanol–water partition coefficient (Wildman–Crippen LogP) is 0.557. The summed E-state index contributed by atoms with van der Waals surface area (Å²) in [6.45, 7) is 9.73. The first-order valence-electron chi connectivity index (χ1n) is 9.67. The second-order valence-corrected chi connectivity index (χ2v) is 5.64. The van der Waals surface area contributed by atoms with Crippen LogP contribution in [0.4, 0.5) is 0 Å². The number of ether oxygens (including phenoxy) is 8. The maximum atomic E-state index is 5.51. The molecule has 0 fully saturated rings. The van der Waals surface area contributed by atoms with Crippen LogP contribution in [0.3, 0.4) is 0 Å². The molecule has 0 aliphatic carbocycles. The molecular formula is C19H43NO8. The van der Waals surface area contributed by atoms with Gasteiger partial charge in [-0.25, -0.2) is 0 Å². The van der Waals surface area contributed by atoms with Crippen molar-refractivity contribution >= 4 is 0 Å². The van der Waals surface area contributed by atoms with Gasteiger partial charge in [0.25, 0.3) is 0 Å². The van der Waals surface area contributed by atoms with Crippen molar-refractivity contribution in [1.82, 2.24) is 4.90 Å². The molecule has 0 aromatic heterocycles. The highest BCUT2D eigenvalue weighted by Gasteiger charge is 2.05. The molecule has 0 N–H and O–H groups in total. The van der Waals surface area contributed by atoms with E-state index in [-0.39, 0.29) is 0 Å². The van der Waals surface area contributed by atoms with E-state index in [4.69, 9.17) is 28.4 Å². The minimum absolute atomic E-state index is 0.624. The van der Waals surface area contributed by atoms with Gasteiger partial charge in [0.1, 0.15) is 0 Å². The van der Waals surface area contributed by atoms with E-state index in [2.05, 4.69) is 14.4 Å². The molecule has 0 aliphatic rings. The van der Waals surface area contributed by atoms with Crippen molar-refractivity contribution in [3.05, 3.63) is 0 Å². The molecule has 0 heterocycles. The van der Waals surface area contributed by atoms with E-state index in [9.17, 15) is 0 Å². The molecule has 0 aromatic rings. The number of methoxy groups -OCH3 is 5. The van der Waals surface area contributed by atoms with E-state index in [1.165, 1.54) is 0 Å². The Kier molecular flexibility index (Phi) is 30.7. The molecule has 28 heavy (non-hydrogen) atoms. The van der Waals surface area contributed by atoms with Crippen molar-refractivity contribution in [2.75, 3.05) is 128 Å². The third-order valence-corrected chi connectivity index (χ3v) is 3.44. The fourth-order valence-corrected chi connectivity index (χ4v) is 1.82. The zero-order valence-corrected chi connectivity index (χ0v) is 18.6. The van der Waals surface area contributed by atoms with Gasteiger partial charge in [-0.2, -0.15) is 0 Å². The fourth-order valence-electron chi connectivity index (χ4n) is 1.82. The maximum absolute atomic E-state index is 5.51. The Hall–Kier alpha value is -0.360. The van der Waals surface area contributed by atoms with Crippen LogP contribution in [0.25, 0.3) is 0 Å². The first kappa shape index (κ1) is 29.8. The summed E-state index contributed by atoms with van der Waals surface area (Å²) in [6.07, 6.45) is 0. The highest BCUT2D eigenvalue weighted by molar-refractivity contribution is 4.57. The van der Waals surface area contributed by atoms with Gasteiger partial charge in [0, 0.05) is 55.2 Å². The van der Waals surface area contributed by atoms with E-state index in [0.29, 0.717) is 72.7 Å². The molecule has 0 bridgehead atoms. The molecule has 0 unspecified atom stereocenters. The van der Waals surface area contributed by atoms with Crippen LogP contribution < -0.4 is 0 Å². The lowest BCUT2D eigenvalue weighted by Gasteiger charge is -2.22. The topological polar surface area (TPSA) is 77.1 Å². The molecule has 0 aliphatic heterocycles. The van der Waals surface area contributed by atoms with Gasteiger partial charge in [-0.05, 0) is 0 Å². The van der Waals surface area contributed by atoms with Crippen molar-refractivity contribution in [2.24, 2.45) is 0 Å². The van der Waals surface area contributed by atoms with Crippen molar-refractivity contribution in [3.8, 4) is 0 Å². The van der Waals surface area contributed by atoms with Crippen LogP contribution >= 0.6 is 0 Å². The van der Waals surface area contributed by atoms with Gasteiger partial charge in [-0.15, -0.1) is 0 Å². The molecule has 0 radical (unpaired) electrons. The Morgan fingerprint density at radius 3 is 0.857 bits per heavy atom. The summed E-state index contributed by atoms with van der Waals surface area (Å²) in [4.78, 5) is 2.27. The zero-order valence-electron chi connectivity index (χ0n) is 18.6. The van der Waals surface area contributed by atoms with Crippen molar-refractivity contribution in [2.45, 2.75) is 0 Å². The summed E-state index contributed by atoms with van der Waals surface area (Å²) in [6, 6.07) is 0. The minimum Gasteiger partial charge on any atom is -0.382 e. The molecule has 0 spiro atoms. The van der Waals surface area contributed by atoms with Gasteiger partial charge in [0.05, 0.1) is 72.7 Å². The van der Waals surface area contributed by atoms with E-state index < -0.39 is 0 Å². The molecular weight excluding hydrogens is 370 g/mol. The molecule has 172 valence electrons. The lowest BCUT2D eigenvalue weighted by molar-refractivity contribution is 0.0223. The molecule has 0 amide bonds. The van der Waals surface area contributed by atoms with Crippen LogP contribution in [0.5, 0.6) is 0 Å². The Bertz CT molecular complexity index is 225. The quantitative estimate of drug-likeness (QED) is 0.251. The second kappa shape index (κ2) is 28.8. The SMILES string of the molecule is COCCOC.COCCOCCN(CCOCCOC)CCOCCOC. The summed E-state index contributed by atoms with van der Waals surface area (Å²) >= 11 is 0. The molecule has 0 aromatic carbocycles. The number of rotatable bonds is 21. The third-order valence-electron chi connectivity index (χ3n) is 3.44. The molecule has 0 saturated carbocycles. The monoisotopic (exact) mass is 413 g/mol. The maximum Gasteiger partial charge on any atom is 0.0700 e. The Labute approximate surface area is 171 Å². The fraction of sp³-hybridized carbons (Fsp3) is 1.00. The normalized spacial score (nSPS) is 10.9. The first-order valence-corrected chi connectivity index (χ1v) is 9.67. The summed E-state index contributed by atoms with van der Waals surface area (Å²) in [5.41, 5.74) is 0. The van der Waals surface area contributed by atoms with Gasteiger partial charge < -0.3 is 37.9 Å². The molecule has 9 nitrogen and oxygen atoms in total. The summed E-state index contributed by atoms with van der Waals surface area (Å²) in [7, 11) is 8.32. The van der Waals surface area contributed by atoms with Crippen molar-refractivity contribution in [1.29, 1.82) is 0 Å². The van der Waals surface area contributed by atoms with Gasteiger partial charge in [-0.1, -0.05) is 0 Å². The van der Waals surface area contributed by atoms with E-state index in [0.717, 1.165) is 19.6 Å². The lowest BCUT2D eigenvalue weighted by Crippen LogP contribution is -2.34. The Morgan fingerprint density at radius 2 is 0.607 bits per heavy atom. The van der Waals surface area contributed by atoms with Crippen LogP contribution in [-0.2, 0) is 37.9 Å². The van der Waals surface area contributed by atoms with Crippen LogP contribution in [0.2, 0.25) is 0 Å². The van der Waals surface area contributed by atoms with E-state index in [1.54, 1.807) is 35.5 Å². The standard InChI is InChI=1S/C15H33NO6.C4H10O2/c1-17-10-13-20-7-4-16(5-8-21-14-11-18-2)6-9-22-15-12-19-3;1-5-3-4-6-2/h4-15H2,1-3H3;3-4H2,1-2H3. The smallest absolute Gasteiger partial charge is 0.0700 e. The van der Waals surface area contributed by atoms with Crippen LogP contribution in [-0.4, -0.2) is 133 Å². The van der Waals surface area contributed by atoms with Gasteiger partial charge in [0.15, 0.2) is 0 Å². The third kappa shape index (κ3) is 27.9. The largest absolute Gasteiger partial charge is 0.382 e. The predicted molar refractivity (Wildman–Crippen MR) is 108 cm³/mol. The summed E-state index contributed by atoms with van der Waals surface area (Å²) in [5, 5.41) is 0. The van der Waals surface area contributed by atoms with Gasteiger partial charge in [-0.3, -0.25) is 4.90 Å². The van der Waals surface area contributed by atoms with Gasteiger partial charge >= 0.3 is 0 Å². The molecule has 0 rings (SSSR count). The van der Waals surface area contributed by atoms with Crippen molar-refractivity contribution in [3.63, 3.8) is 0 Å². The van der Waals surface area contributed by atoms with Gasteiger partial charge in [0.2, 0.25) is 0 Å². The number of nitrogens with zero attached hydrogens (tertiary/aromatic N) is 1.